The van der Waals surface area contributed by atoms with Crippen molar-refractivity contribution < 1.29 is 29.2 Å². The van der Waals surface area contributed by atoms with E-state index in [4.69, 9.17) is 4.74 Å². The fourth-order valence-electron chi connectivity index (χ4n) is 3.19. The number of aryl methyl sites for hydroxylation is 1. The van der Waals surface area contributed by atoms with Gasteiger partial charge in [-0.05, 0) is 19.4 Å². The number of nitrogens with one attached hydrogen (secondary N) is 1. The van der Waals surface area contributed by atoms with Crippen LogP contribution in [0.4, 0.5) is 11.5 Å². The summed E-state index contributed by atoms with van der Waals surface area (Å²) in [6.07, 6.45) is 5.34. The second-order valence-corrected chi connectivity index (χ2v) is 6.99. The van der Waals surface area contributed by atoms with Gasteiger partial charge in [0.2, 0.25) is 0 Å². The van der Waals surface area contributed by atoms with Crippen LogP contribution in [-0.2, 0) is 22.5 Å². The highest BCUT2D eigenvalue weighted by atomic mass is 16.6. The van der Waals surface area contributed by atoms with Gasteiger partial charge in [0.25, 0.3) is 11.6 Å². The number of carboxylic acids is 1. The third-order valence-electron chi connectivity index (χ3n) is 4.66. The number of aromatic carboxylic acids is 1. The quantitative estimate of drug-likeness (QED) is 0.217. The number of amides is 1. The number of carboxylic acid groups (broad SMARTS) is 1. The number of nitrogens with zero attached hydrogens (tertiary/aromatic N) is 3. The zero-order valence-corrected chi connectivity index (χ0v) is 18.0. The smallest absolute Gasteiger partial charge is 0.336 e. The van der Waals surface area contributed by atoms with Crippen molar-refractivity contribution in [1.29, 1.82) is 0 Å². The number of anilines is 1. The molecule has 1 aromatic carbocycles. The van der Waals surface area contributed by atoms with Crippen LogP contribution in [0.15, 0.2) is 24.4 Å². The maximum absolute atomic E-state index is 12.8. The van der Waals surface area contributed by atoms with Gasteiger partial charge in [0.15, 0.2) is 5.82 Å². The summed E-state index contributed by atoms with van der Waals surface area (Å²) in [5, 5.41) is 23.1. The Morgan fingerprint density at radius 1 is 1.22 bits per heavy atom. The van der Waals surface area contributed by atoms with Crippen LogP contribution in [0, 0.1) is 10.1 Å². The van der Waals surface area contributed by atoms with Gasteiger partial charge in [0.05, 0.1) is 17.1 Å². The monoisotopic (exact) mass is 446 g/mol. The van der Waals surface area contributed by atoms with Crippen LogP contribution in [0.1, 0.15) is 66.1 Å². The van der Waals surface area contributed by atoms with Crippen molar-refractivity contribution in [2.45, 2.75) is 52.5 Å². The van der Waals surface area contributed by atoms with Crippen LogP contribution in [0.5, 0.6) is 0 Å². The lowest BCUT2D eigenvalue weighted by atomic mass is 10.0. The van der Waals surface area contributed by atoms with Crippen LogP contribution in [0.25, 0.3) is 0 Å². The molecule has 1 amide bonds. The van der Waals surface area contributed by atoms with Gasteiger partial charge in [-0.25, -0.2) is 9.78 Å². The average Bonchev–Trinajstić information content (AvgIpc) is 3.11. The number of benzene rings is 1. The number of hydrogen-bond donors (Lipinski definition) is 2. The van der Waals surface area contributed by atoms with Crippen molar-refractivity contribution in [3.05, 3.63) is 51.5 Å². The second kappa shape index (κ2) is 11.6. The van der Waals surface area contributed by atoms with E-state index in [1.807, 2.05) is 0 Å². The van der Waals surface area contributed by atoms with Gasteiger partial charge in [-0.15, -0.1) is 0 Å². The Morgan fingerprint density at radius 3 is 2.59 bits per heavy atom. The molecule has 0 aliphatic carbocycles. The Labute approximate surface area is 184 Å². The molecule has 2 aromatic rings. The first-order valence-corrected chi connectivity index (χ1v) is 10.3. The SMILES string of the molecule is CCCCCCn1cc(NC(=O)c2c(C(=O)O)cccc2[N+](=O)[O-])nc1CC(=O)OCC. The van der Waals surface area contributed by atoms with Crippen molar-refractivity contribution in [3.8, 4) is 0 Å². The molecule has 11 nitrogen and oxygen atoms in total. The lowest BCUT2D eigenvalue weighted by Crippen LogP contribution is -2.18. The molecule has 11 heteroatoms. The number of rotatable bonds is 12. The van der Waals surface area contributed by atoms with E-state index in [0.717, 1.165) is 37.8 Å². The number of nitro benzene ring substituents is 1. The Morgan fingerprint density at radius 2 is 1.97 bits per heavy atom. The van der Waals surface area contributed by atoms with E-state index in [0.29, 0.717) is 12.4 Å². The summed E-state index contributed by atoms with van der Waals surface area (Å²) in [5.74, 6) is -2.50. The summed E-state index contributed by atoms with van der Waals surface area (Å²) in [7, 11) is 0. The largest absolute Gasteiger partial charge is 0.478 e. The number of esters is 1. The highest BCUT2D eigenvalue weighted by molar-refractivity contribution is 6.13. The lowest BCUT2D eigenvalue weighted by molar-refractivity contribution is -0.385. The maximum atomic E-state index is 12.8. The first-order valence-electron chi connectivity index (χ1n) is 10.3. The number of nitro groups is 1. The molecule has 0 aliphatic heterocycles. The molecular formula is C21H26N4O7. The fraction of sp³-hybridized carbons (Fsp3) is 0.429. The van der Waals surface area contributed by atoms with Gasteiger partial charge in [-0.1, -0.05) is 32.3 Å². The zero-order valence-electron chi connectivity index (χ0n) is 18.0. The Bertz CT molecular complexity index is 968. The third kappa shape index (κ3) is 6.37. The highest BCUT2D eigenvalue weighted by Gasteiger charge is 2.28. The molecule has 0 unspecified atom stereocenters. The Balaban J connectivity index is 2.33. The molecule has 0 saturated carbocycles. The molecule has 2 N–H and O–H groups in total. The fourth-order valence-corrected chi connectivity index (χ4v) is 3.19. The number of hydrogen-bond acceptors (Lipinski definition) is 7. The summed E-state index contributed by atoms with van der Waals surface area (Å²) >= 11 is 0. The molecule has 0 spiro atoms. The number of imidazole rings is 1. The minimum Gasteiger partial charge on any atom is -0.478 e. The van der Waals surface area contributed by atoms with Gasteiger partial charge in [-0.2, -0.15) is 0 Å². The number of aromatic nitrogens is 2. The van der Waals surface area contributed by atoms with Crippen molar-refractivity contribution in [3.63, 3.8) is 0 Å². The van der Waals surface area contributed by atoms with Crippen molar-refractivity contribution in [1.82, 2.24) is 9.55 Å². The van der Waals surface area contributed by atoms with E-state index in [1.165, 1.54) is 12.3 Å². The molecule has 0 radical (unpaired) electrons. The van der Waals surface area contributed by atoms with Crippen molar-refractivity contribution >= 4 is 29.4 Å². The van der Waals surface area contributed by atoms with Crippen LogP contribution in [0.3, 0.4) is 0 Å². The first kappa shape index (κ1) is 24.5. The molecule has 0 fully saturated rings. The minimum absolute atomic E-state index is 0.0549. The van der Waals surface area contributed by atoms with Crippen molar-refractivity contribution in [2.24, 2.45) is 0 Å². The first-order chi connectivity index (χ1) is 15.3. The van der Waals surface area contributed by atoms with E-state index >= 15 is 0 Å². The van der Waals surface area contributed by atoms with E-state index in [-0.39, 0.29) is 18.8 Å². The number of ether oxygens (including phenoxy) is 1. The zero-order chi connectivity index (χ0) is 23.7. The molecule has 0 aliphatic rings. The van der Waals surface area contributed by atoms with Crippen LogP contribution < -0.4 is 5.32 Å². The molecule has 0 bridgehead atoms. The summed E-state index contributed by atoms with van der Waals surface area (Å²) in [6, 6.07) is 3.36. The van der Waals surface area contributed by atoms with Gasteiger partial charge >= 0.3 is 11.9 Å². The maximum Gasteiger partial charge on any atom is 0.336 e. The number of carbonyl (C=O) groups excluding carboxylic acids is 2. The van der Waals surface area contributed by atoms with Gasteiger partial charge in [0, 0.05) is 18.8 Å². The summed E-state index contributed by atoms with van der Waals surface area (Å²) < 4.78 is 6.69. The van der Waals surface area contributed by atoms with Crippen molar-refractivity contribution in [2.75, 3.05) is 11.9 Å². The van der Waals surface area contributed by atoms with Crippen LogP contribution in [-0.4, -0.2) is 44.0 Å². The second-order valence-electron chi connectivity index (χ2n) is 6.99. The van der Waals surface area contributed by atoms with Gasteiger partial charge in [0.1, 0.15) is 17.8 Å². The molecule has 1 heterocycles. The molecule has 2 rings (SSSR count). The lowest BCUT2D eigenvalue weighted by Gasteiger charge is -2.07. The topological polar surface area (TPSA) is 154 Å². The van der Waals surface area contributed by atoms with Crippen LogP contribution in [0.2, 0.25) is 0 Å². The molecule has 32 heavy (non-hydrogen) atoms. The number of unbranched alkanes of at least 4 members (excludes halogenated alkanes) is 3. The summed E-state index contributed by atoms with van der Waals surface area (Å²) in [6.45, 7) is 4.55. The standard InChI is InChI=1S/C21H26N4O7/c1-3-5-6-7-11-24-13-16(22-17(24)12-18(26)32-4-2)23-20(27)19-14(21(28)29)9-8-10-15(19)25(30)31/h8-10,13H,3-7,11-12H2,1-2H3,(H,23,27)(H,28,29). The predicted octanol–water partition coefficient (Wildman–Crippen LogP) is 3.43. The molecule has 0 saturated heterocycles. The van der Waals surface area contributed by atoms with E-state index in [2.05, 4.69) is 17.2 Å². The molecule has 1 aromatic heterocycles. The van der Waals surface area contributed by atoms with Gasteiger partial charge < -0.3 is 19.7 Å². The van der Waals surface area contributed by atoms with Crippen LogP contribution >= 0.6 is 0 Å². The minimum atomic E-state index is -1.47. The molecule has 172 valence electrons. The number of carbonyl (C=O) groups is 3. The summed E-state index contributed by atoms with van der Waals surface area (Å²) in [4.78, 5) is 51.0. The highest BCUT2D eigenvalue weighted by Crippen LogP contribution is 2.24. The average molecular weight is 446 g/mol. The molecule has 0 atom stereocenters. The summed E-state index contributed by atoms with van der Waals surface area (Å²) in [5.41, 5.74) is -1.70. The van der Waals surface area contributed by atoms with E-state index < -0.39 is 39.6 Å². The van der Waals surface area contributed by atoms with Gasteiger partial charge in [-0.3, -0.25) is 19.7 Å². The van der Waals surface area contributed by atoms with E-state index in [1.54, 1.807) is 11.5 Å². The Hall–Kier alpha value is -3.76. The molecular weight excluding hydrogens is 420 g/mol. The van der Waals surface area contributed by atoms with E-state index in [9.17, 15) is 29.6 Å². The normalized spacial score (nSPS) is 10.6. The predicted molar refractivity (Wildman–Crippen MR) is 115 cm³/mol. The Kier molecular flexibility index (Phi) is 8.87. The third-order valence-corrected chi connectivity index (χ3v) is 4.66.